The lowest BCUT2D eigenvalue weighted by Gasteiger charge is -2.52. The molecule has 1 saturated heterocycles. The first-order chi connectivity index (χ1) is 29.1. The van der Waals surface area contributed by atoms with Gasteiger partial charge in [0.1, 0.15) is 11.4 Å². The zero-order valence-electron chi connectivity index (χ0n) is 35.6. The van der Waals surface area contributed by atoms with Gasteiger partial charge in [0.05, 0.1) is 17.5 Å². The second kappa shape index (κ2) is 17.3. The number of fused-ring (bicyclic) bond motifs is 4. The molecule has 15 heteroatoms. The first-order valence-corrected chi connectivity index (χ1v) is 23.6. The smallest absolute Gasteiger partial charge is 0.489 e. The minimum Gasteiger partial charge on any atom is -0.490 e. The van der Waals surface area contributed by atoms with E-state index in [9.17, 15) is 28.1 Å². The van der Waals surface area contributed by atoms with Gasteiger partial charge in [-0.05, 0) is 129 Å². The van der Waals surface area contributed by atoms with Crippen molar-refractivity contribution in [2.45, 2.75) is 75.6 Å². The third kappa shape index (κ3) is 8.60. The molecule has 61 heavy (non-hydrogen) atoms. The zero-order chi connectivity index (χ0) is 43.3. The maximum atomic E-state index is 13.7. The van der Waals surface area contributed by atoms with Gasteiger partial charge < -0.3 is 29.3 Å². The largest absolute Gasteiger partial charge is 0.490 e. The Morgan fingerprint density at radius 1 is 1.03 bits per heavy atom. The molecule has 2 bridgehead atoms. The van der Waals surface area contributed by atoms with Crippen LogP contribution in [0, 0.1) is 17.8 Å². The maximum Gasteiger partial charge on any atom is 0.489 e. The lowest BCUT2D eigenvalue weighted by Crippen LogP contribution is -2.59. The molecule has 5 aliphatic rings. The van der Waals surface area contributed by atoms with Crippen molar-refractivity contribution in [1.29, 1.82) is 0 Å². The Labute approximate surface area is 365 Å². The van der Waals surface area contributed by atoms with Gasteiger partial charge >= 0.3 is 7.12 Å². The minimum atomic E-state index is -4.02. The average Bonchev–Trinajstić information content (AvgIpc) is 3.37. The molecule has 1 saturated carbocycles. The van der Waals surface area contributed by atoms with E-state index in [2.05, 4.69) is 43.7 Å². The Bertz CT molecular complexity index is 2300. The number of halogens is 1. The van der Waals surface area contributed by atoms with Gasteiger partial charge in [-0.3, -0.25) is 14.5 Å². The van der Waals surface area contributed by atoms with E-state index in [1.807, 2.05) is 25.1 Å². The topological polar surface area (TPSA) is 149 Å². The summed E-state index contributed by atoms with van der Waals surface area (Å²) in [6.45, 7) is 10.4. The van der Waals surface area contributed by atoms with Gasteiger partial charge in [0.25, 0.3) is 5.91 Å². The number of hydrogen-bond donors (Lipinski definition) is 3. The third-order valence-electron chi connectivity index (χ3n) is 14.5. The van der Waals surface area contributed by atoms with Crippen LogP contribution < -0.4 is 24.7 Å². The van der Waals surface area contributed by atoms with Gasteiger partial charge in [-0.25, -0.2) is 13.1 Å². The van der Waals surface area contributed by atoms with Crippen LogP contribution >= 0.6 is 11.6 Å². The highest BCUT2D eigenvalue weighted by Crippen LogP contribution is 2.49. The number of carbonyl (C=O) groups excluding carboxylic acids is 2. The van der Waals surface area contributed by atoms with E-state index in [4.69, 9.17) is 21.1 Å². The number of anilines is 2. The molecule has 2 aliphatic carbocycles. The van der Waals surface area contributed by atoms with E-state index in [0.29, 0.717) is 57.1 Å². The number of hydrogen-bond acceptors (Lipinski definition) is 11. The van der Waals surface area contributed by atoms with Gasteiger partial charge in [0.15, 0.2) is 5.78 Å². The van der Waals surface area contributed by atoms with Crippen molar-refractivity contribution in [3.8, 4) is 5.75 Å². The summed E-state index contributed by atoms with van der Waals surface area (Å²) in [7, 11) is -3.96. The molecular formula is C46H58BClN4O8S. The minimum absolute atomic E-state index is 0.152. The quantitative estimate of drug-likeness (QED) is 0.175. The number of rotatable bonds is 6. The summed E-state index contributed by atoms with van der Waals surface area (Å²) < 4.78 is 43.2. The number of nitrogens with one attached hydrogen (secondary N) is 1. The fourth-order valence-corrected chi connectivity index (χ4v) is 12.1. The van der Waals surface area contributed by atoms with Crippen LogP contribution in [-0.2, 0) is 26.6 Å². The summed E-state index contributed by atoms with van der Waals surface area (Å²) in [5.41, 5.74) is 3.90. The molecule has 0 radical (unpaired) electrons. The molecule has 8 rings (SSSR count). The molecule has 3 aromatic carbocycles. The summed E-state index contributed by atoms with van der Waals surface area (Å²) >= 11 is 6.52. The zero-order valence-corrected chi connectivity index (χ0v) is 37.2. The first-order valence-electron chi connectivity index (χ1n) is 21.7. The van der Waals surface area contributed by atoms with E-state index in [1.165, 1.54) is 18.1 Å². The summed E-state index contributed by atoms with van der Waals surface area (Å²) in [4.78, 5) is 33.2. The normalized spacial score (nSPS) is 29.6. The number of Topliss-reactive ketones (excluding diaryl/α,β-unsaturated/α-hetero) is 1. The number of ketones is 1. The molecule has 3 aromatic rings. The SMILES string of the molecule is CO[C@@]1(CN2CCN(c3ccc(B(O)O)c(C(C)=O)c3)CC2)/C=C/C[C@H](C)[C@@H](C)S(=O)(=O)NC(=O)c2ccc3c(c2)N(C[C@@H]2CC[C@H]21)C[C@@]1(CCCc2cc(Cl)ccc21)CO3. The van der Waals surface area contributed by atoms with Crippen LogP contribution in [0.4, 0.5) is 11.4 Å². The second-order valence-corrected chi connectivity index (χ2v) is 20.6. The molecule has 2 fully saturated rings. The Balaban J connectivity index is 1.13. The number of nitrogens with zero attached hydrogens (tertiary/aromatic N) is 3. The summed E-state index contributed by atoms with van der Waals surface area (Å²) in [5, 5.41) is 19.6. The molecule has 12 nitrogen and oxygen atoms in total. The van der Waals surface area contributed by atoms with E-state index in [-0.39, 0.29) is 40.0 Å². The van der Waals surface area contributed by atoms with Crippen molar-refractivity contribution in [3.05, 3.63) is 94.0 Å². The highest BCUT2D eigenvalue weighted by molar-refractivity contribution is 7.90. The van der Waals surface area contributed by atoms with Crippen molar-refractivity contribution in [2.24, 2.45) is 17.8 Å². The lowest BCUT2D eigenvalue weighted by molar-refractivity contribution is -0.0919. The van der Waals surface area contributed by atoms with E-state index >= 15 is 0 Å². The van der Waals surface area contributed by atoms with Crippen LogP contribution in [0.2, 0.25) is 5.02 Å². The maximum absolute atomic E-state index is 13.7. The van der Waals surface area contributed by atoms with Crippen molar-refractivity contribution in [1.82, 2.24) is 9.62 Å². The first kappa shape index (κ1) is 43.7. The third-order valence-corrected chi connectivity index (χ3v) is 16.7. The number of aryl methyl sites for hydroxylation is 1. The Morgan fingerprint density at radius 2 is 1.82 bits per heavy atom. The van der Waals surface area contributed by atoms with Crippen LogP contribution in [0.5, 0.6) is 5.75 Å². The molecule has 6 atom stereocenters. The summed E-state index contributed by atoms with van der Waals surface area (Å²) in [5.74, 6) is -0.0953. The number of piperazine rings is 1. The predicted molar refractivity (Wildman–Crippen MR) is 240 cm³/mol. The molecule has 1 spiro atoms. The fourth-order valence-electron chi connectivity index (χ4n) is 10.6. The van der Waals surface area contributed by atoms with Crippen LogP contribution in [0.15, 0.2) is 66.7 Å². The number of carbonyl (C=O) groups is 2. The monoisotopic (exact) mass is 872 g/mol. The van der Waals surface area contributed by atoms with Gasteiger partial charge in [-0.2, -0.15) is 0 Å². The highest BCUT2D eigenvalue weighted by Gasteiger charge is 2.50. The summed E-state index contributed by atoms with van der Waals surface area (Å²) in [6.07, 6.45) is 9.60. The standard InChI is InChI=1S/C46H58BClN4O8S/c1-30-7-5-18-46(59-4,28-50-19-21-51(22-20-50)37-12-15-41(47(55)56)38(25-37)31(2)53)40-13-9-35(40)26-52-27-45(17-6-8-33-23-36(48)11-14-39(33)45)29-60-43-16-10-34(24-42(43)52)44(54)49-61(57,58)32(30)3/h5,10-12,14-16,18,23-25,30,32,35,40,55-56H,6-9,13,17,19-22,26-29H2,1-4H3,(H,49,54)/b18-5+/t30-,32+,35-,40+,45-,46+/m0/s1. The number of amides is 1. The van der Waals surface area contributed by atoms with Crippen LogP contribution in [0.3, 0.4) is 0 Å². The van der Waals surface area contributed by atoms with Crippen molar-refractivity contribution in [3.63, 3.8) is 0 Å². The average molecular weight is 873 g/mol. The molecule has 326 valence electrons. The van der Waals surface area contributed by atoms with Crippen molar-refractivity contribution >= 4 is 57.3 Å². The number of sulfonamides is 1. The number of allylic oxidation sites excluding steroid dienone is 1. The molecule has 3 heterocycles. The Hall–Kier alpha value is -3.92. The second-order valence-electron chi connectivity index (χ2n) is 18.2. The Kier molecular flexibility index (Phi) is 12.4. The van der Waals surface area contributed by atoms with Gasteiger partial charge in [-0.15, -0.1) is 0 Å². The number of ether oxygens (including phenoxy) is 2. The number of methoxy groups -OCH3 is 1. The fraction of sp³-hybridized carbons (Fsp3) is 0.522. The van der Waals surface area contributed by atoms with Crippen molar-refractivity contribution < 1.29 is 37.5 Å². The van der Waals surface area contributed by atoms with Crippen molar-refractivity contribution in [2.75, 3.05) is 69.3 Å². The van der Waals surface area contributed by atoms with E-state index in [1.54, 1.807) is 38.3 Å². The van der Waals surface area contributed by atoms with Gasteiger partial charge in [-0.1, -0.05) is 42.8 Å². The summed E-state index contributed by atoms with van der Waals surface area (Å²) in [6, 6.07) is 16.7. The lowest BCUT2D eigenvalue weighted by atomic mass is 9.63. The van der Waals surface area contributed by atoms with Gasteiger partial charge in [0.2, 0.25) is 10.0 Å². The molecule has 3 aliphatic heterocycles. The van der Waals surface area contributed by atoms with Crippen LogP contribution in [0.25, 0.3) is 0 Å². The van der Waals surface area contributed by atoms with Crippen LogP contribution in [-0.4, -0.2) is 113 Å². The molecule has 0 unspecified atom stereocenters. The molecule has 3 N–H and O–H groups in total. The number of benzene rings is 3. The van der Waals surface area contributed by atoms with E-state index in [0.717, 1.165) is 61.6 Å². The van der Waals surface area contributed by atoms with E-state index < -0.39 is 33.9 Å². The van der Waals surface area contributed by atoms with Gasteiger partial charge in [0, 0.05) is 80.2 Å². The molecule has 1 amide bonds. The highest BCUT2D eigenvalue weighted by atomic mass is 35.5. The molecule has 0 aromatic heterocycles. The molecular weight excluding hydrogens is 815 g/mol. The van der Waals surface area contributed by atoms with Crippen LogP contribution in [0.1, 0.15) is 84.7 Å². The predicted octanol–water partition coefficient (Wildman–Crippen LogP) is 4.97. The Morgan fingerprint density at radius 3 is 2.52 bits per heavy atom.